The van der Waals surface area contributed by atoms with Crippen LogP contribution in [0.1, 0.15) is 23.6 Å². The number of nitrogens with zero attached hydrogens (tertiary/aromatic N) is 3. The Morgan fingerprint density at radius 3 is 2.69 bits per heavy atom. The number of carbonyl (C=O) groups excluding carboxylic acids is 1. The number of anilines is 1. The van der Waals surface area contributed by atoms with E-state index in [-0.39, 0.29) is 12.2 Å². The Kier molecular flexibility index (Phi) is 5.05. The van der Waals surface area contributed by atoms with Gasteiger partial charge in [0.15, 0.2) is 5.60 Å². The minimum Gasteiger partial charge on any atom is -0.378 e. The summed E-state index contributed by atoms with van der Waals surface area (Å²) in [6.45, 7) is 0.927. The summed E-state index contributed by atoms with van der Waals surface area (Å²) in [7, 11) is 0. The quantitative estimate of drug-likeness (QED) is 0.816. The van der Waals surface area contributed by atoms with E-state index in [1.165, 1.54) is 30.1 Å². The maximum atomic E-state index is 13.0. The van der Waals surface area contributed by atoms with Gasteiger partial charge in [0, 0.05) is 11.9 Å². The number of hydrogen-bond acceptors (Lipinski definition) is 4. The van der Waals surface area contributed by atoms with Crippen LogP contribution in [0.4, 0.5) is 18.9 Å². The number of halogens is 3. The predicted octanol–water partition coefficient (Wildman–Crippen LogP) is 2.14. The molecule has 1 heterocycles. The lowest BCUT2D eigenvalue weighted by molar-refractivity contribution is -0.138. The second-order valence-electron chi connectivity index (χ2n) is 5.67. The first-order chi connectivity index (χ1) is 12.1. The molecular weight excluding hydrogens is 349 g/mol. The van der Waals surface area contributed by atoms with Gasteiger partial charge in [-0.1, -0.05) is 5.92 Å². The molecule has 0 spiro atoms. The molecule has 0 saturated carbocycles. The summed E-state index contributed by atoms with van der Waals surface area (Å²) in [5.41, 5.74) is -3.47. The topological polar surface area (TPSA) is 90.9 Å². The number of rotatable bonds is 4. The van der Waals surface area contributed by atoms with Crippen molar-refractivity contribution in [3.63, 3.8) is 0 Å². The van der Waals surface area contributed by atoms with Gasteiger partial charge in [0.2, 0.25) is 0 Å². The second kappa shape index (κ2) is 6.90. The maximum absolute atomic E-state index is 13.0. The fraction of sp³-hybridized carbons (Fsp3) is 0.235. The Labute approximate surface area is 146 Å². The maximum Gasteiger partial charge on any atom is 0.417 e. The molecule has 0 bridgehead atoms. The molecule has 26 heavy (non-hydrogen) atoms. The molecule has 2 rings (SSSR count). The Hall–Kier alpha value is -3.30. The van der Waals surface area contributed by atoms with E-state index in [2.05, 4.69) is 16.3 Å². The minimum absolute atomic E-state index is 0.202. The Morgan fingerprint density at radius 2 is 2.15 bits per heavy atom. The van der Waals surface area contributed by atoms with Gasteiger partial charge in [-0.3, -0.25) is 9.48 Å². The number of carbonyl (C=O) groups is 1. The summed E-state index contributed by atoms with van der Waals surface area (Å²) >= 11 is 0. The van der Waals surface area contributed by atoms with Crippen molar-refractivity contribution in [3.05, 3.63) is 47.3 Å². The zero-order chi connectivity index (χ0) is 19.5. The van der Waals surface area contributed by atoms with Gasteiger partial charge in [-0.05, 0) is 25.1 Å². The van der Waals surface area contributed by atoms with Crippen molar-refractivity contribution in [1.82, 2.24) is 9.78 Å². The third-order valence-corrected chi connectivity index (χ3v) is 3.46. The van der Waals surface area contributed by atoms with E-state index in [0.717, 1.165) is 12.1 Å². The molecule has 0 aliphatic rings. The molecule has 0 radical (unpaired) electrons. The minimum atomic E-state index is -4.75. The molecule has 1 aromatic carbocycles. The highest BCUT2D eigenvalue weighted by molar-refractivity contribution is 5.96. The molecule has 1 aromatic heterocycles. The third kappa shape index (κ3) is 4.21. The lowest BCUT2D eigenvalue weighted by Gasteiger charge is -2.22. The van der Waals surface area contributed by atoms with Crippen molar-refractivity contribution in [3.8, 4) is 18.4 Å². The Balaban J connectivity index is 2.20. The van der Waals surface area contributed by atoms with E-state index in [9.17, 15) is 23.1 Å². The van der Waals surface area contributed by atoms with Gasteiger partial charge in [-0.2, -0.15) is 23.5 Å². The van der Waals surface area contributed by atoms with E-state index < -0.39 is 28.8 Å². The van der Waals surface area contributed by atoms with Crippen LogP contribution in [0.3, 0.4) is 0 Å². The van der Waals surface area contributed by atoms with Crippen molar-refractivity contribution in [1.29, 1.82) is 5.26 Å². The Bertz CT molecular complexity index is 917. The van der Waals surface area contributed by atoms with Gasteiger partial charge in [-0.15, -0.1) is 6.42 Å². The van der Waals surface area contributed by atoms with Crippen LogP contribution in [0.5, 0.6) is 0 Å². The molecular formula is C17H13F3N4O2. The van der Waals surface area contributed by atoms with Gasteiger partial charge in [-0.25, -0.2) is 0 Å². The number of nitrogens with one attached hydrogen (secondary N) is 1. The number of amides is 1. The molecule has 0 aliphatic carbocycles. The van der Waals surface area contributed by atoms with Crippen LogP contribution in [-0.2, 0) is 17.5 Å². The fourth-order valence-corrected chi connectivity index (χ4v) is 2.13. The number of alkyl halides is 3. The number of aliphatic hydroxyl groups is 1. The molecule has 134 valence electrons. The number of terminal acetylenes is 1. The monoisotopic (exact) mass is 362 g/mol. The van der Waals surface area contributed by atoms with Crippen LogP contribution in [0.25, 0.3) is 0 Å². The lowest BCUT2D eigenvalue weighted by Crippen LogP contribution is -2.43. The van der Waals surface area contributed by atoms with Crippen LogP contribution < -0.4 is 5.32 Å². The molecule has 2 aromatic rings. The number of aromatic nitrogens is 2. The third-order valence-electron chi connectivity index (χ3n) is 3.46. The highest BCUT2D eigenvalue weighted by atomic mass is 19.4. The highest BCUT2D eigenvalue weighted by Crippen LogP contribution is 2.33. The van der Waals surface area contributed by atoms with Crippen molar-refractivity contribution >= 4 is 11.6 Å². The summed E-state index contributed by atoms with van der Waals surface area (Å²) < 4.78 is 40.2. The standard InChI is InChI=1S/C17H13F3N4O2/c1-3-11-8-22-24(9-11)10-16(2,26)15(25)23-13-5-4-12(7-21)14(6-13)17(18,19)20/h1,4-6,8-9,26H,10H2,2H3,(H,23,25)/t16-/m0/s1. The summed E-state index contributed by atoms with van der Waals surface area (Å²) in [5, 5.41) is 25.2. The van der Waals surface area contributed by atoms with Gasteiger partial charge >= 0.3 is 6.18 Å². The summed E-state index contributed by atoms with van der Waals surface area (Å²) in [6.07, 6.45) is 3.25. The zero-order valence-corrected chi connectivity index (χ0v) is 13.5. The van der Waals surface area contributed by atoms with Crippen LogP contribution in [-0.4, -0.2) is 26.4 Å². The molecule has 0 unspecified atom stereocenters. The fourth-order valence-electron chi connectivity index (χ4n) is 2.13. The van der Waals surface area contributed by atoms with Gasteiger partial charge in [0.25, 0.3) is 5.91 Å². The van der Waals surface area contributed by atoms with Gasteiger partial charge in [0.1, 0.15) is 0 Å². The van der Waals surface area contributed by atoms with Crippen LogP contribution in [0.15, 0.2) is 30.6 Å². The first-order valence-corrected chi connectivity index (χ1v) is 7.21. The van der Waals surface area contributed by atoms with Crippen LogP contribution in [0.2, 0.25) is 0 Å². The number of hydrogen-bond donors (Lipinski definition) is 2. The van der Waals surface area contributed by atoms with E-state index in [4.69, 9.17) is 11.7 Å². The largest absolute Gasteiger partial charge is 0.417 e. The molecule has 0 saturated heterocycles. The average molecular weight is 362 g/mol. The number of nitriles is 1. The van der Waals surface area contributed by atoms with Crippen LogP contribution in [0, 0.1) is 23.7 Å². The first kappa shape index (κ1) is 19.0. The van der Waals surface area contributed by atoms with E-state index >= 15 is 0 Å². The van der Waals surface area contributed by atoms with Crippen molar-refractivity contribution in [2.75, 3.05) is 5.32 Å². The predicted molar refractivity (Wildman–Crippen MR) is 85.6 cm³/mol. The zero-order valence-electron chi connectivity index (χ0n) is 13.5. The van der Waals surface area contributed by atoms with E-state index in [0.29, 0.717) is 11.6 Å². The van der Waals surface area contributed by atoms with E-state index in [1.54, 1.807) is 0 Å². The van der Waals surface area contributed by atoms with E-state index in [1.807, 2.05) is 0 Å². The summed E-state index contributed by atoms with van der Waals surface area (Å²) in [5.74, 6) is 1.40. The summed E-state index contributed by atoms with van der Waals surface area (Å²) in [6, 6.07) is 4.17. The van der Waals surface area contributed by atoms with Gasteiger partial charge < -0.3 is 10.4 Å². The molecule has 6 nitrogen and oxygen atoms in total. The van der Waals surface area contributed by atoms with Crippen molar-refractivity contribution in [2.24, 2.45) is 0 Å². The molecule has 0 aliphatic heterocycles. The van der Waals surface area contributed by atoms with Crippen molar-refractivity contribution in [2.45, 2.75) is 25.2 Å². The van der Waals surface area contributed by atoms with Gasteiger partial charge in [0.05, 0.1) is 35.5 Å². The van der Waals surface area contributed by atoms with Crippen LogP contribution >= 0.6 is 0 Å². The molecule has 0 fully saturated rings. The highest BCUT2D eigenvalue weighted by Gasteiger charge is 2.35. The second-order valence-corrected chi connectivity index (χ2v) is 5.67. The van der Waals surface area contributed by atoms with Crippen molar-refractivity contribution < 1.29 is 23.1 Å². The molecule has 9 heteroatoms. The average Bonchev–Trinajstić information content (AvgIpc) is 3.00. The number of benzene rings is 1. The lowest BCUT2D eigenvalue weighted by atomic mass is 10.0. The molecule has 2 N–H and O–H groups in total. The molecule has 1 atom stereocenters. The first-order valence-electron chi connectivity index (χ1n) is 7.21. The SMILES string of the molecule is C#Cc1cnn(C[C@](C)(O)C(=O)Nc2ccc(C#N)c(C(F)(F)F)c2)c1. The summed E-state index contributed by atoms with van der Waals surface area (Å²) in [4.78, 5) is 12.2. The molecule has 1 amide bonds. The Morgan fingerprint density at radius 1 is 1.46 bits per heavy atom. The smallest absolute Gasteiger partial charge is 0.378 e. The normalized spacial score (nSPS) is 13.3.